The maximum absolute atomic E-state index is 11.5. The molecule has 4 N–H and O–H groups in total. The van der Waals surface area contributed by atoms with Gasteiger partial charge in [0.15, 0.2) is 0 Å². The molecule has 2 amide bonds. The minimum atomic E-state index is -0.250. The predicted molar refractivity (Wildman–Crippen MR) is 86.2 cm³/mol. The van der Waals surface area contributed by atoms with Gasteiger partial charge < -0.3 is 16.0 Å². The van der Waals surface area contributed by atoms with E-state index in [0.717, 1.165) is 43.3 Å². The molecule has 0 saturated heterocycles. The van der Waals surface area contributed by atoms with Crippen molar-refractivity contribution < 1.29 is 14.1 Å². The van der Waals surface area contributed by atoms with Crippen LogP contribution in [-0.2, 0) is 9.59 Å². The number of amides is 2. The highest BCUT2D eigenvalue weighted by molar-refractivity contribution is 5.76. The summed E-state index contributed by atoms with van der Waals surface area (Å²) in [6.07, 6.45) is 3.27. The monoisotopic (exact) mass is 300 g/mol. The molecule has 3 unspecified atom stereocenters. The lowest BCUT2D eigenvalue weighted by Crippen LogP contribution is -2.44. The SMILES string of the molecule is CCC(CC(CCC(C)C(N)=O)C[N+](C)(C)CC)C(N)=O. The average molecular weight is 300 g/mol. The number of primary amides is 2. The van der Waals surface area contributed by atoms with Gasteiger partial charge in [0.25, 0.3) is 0 Å². The maximum Gasteiger partial charge on any atom is 0.220 e. The molecule has 0 aliphatic carbocycles. The molecule has 0 fully saturated rings. The van der Waals surface area contributed by atoms with Crippen molar-refractivity contribution in [2.45, 2.75) is 46.5 Å². The highest BCUT2D eigenvalue weighted by atomic mass is 16.1. The van der Waals surface area contributed by atoms with Gasteiger partial charge in [-0.25, -0.2) is 0 Å². The van der Waals surface area contributed by atoms with Crippen molar-refractivity contribution in [1.82, 2.24) is 0 Å². The van der Waals surface area contributed by atoms with E-state index in [1.54, 1.807) is 0 Å². The van der Waals surface area contributed by atoms with Crippen molar-refractivity contribution in [3.63, 3.8) is 0 Å². The number of nitrogens with zero attached hydrogens (tertiary/aromatic N) is 1. The lowest BCUT2D eigenvalue weighted by Gasteiger charge is -2.33. The largest absolute Gasteiger partial charge is 0.369 e. The molecule has 0 spiro atoms. The van der Waals surface area contributed by atoms with Crippen molar-refractivity contribution in [1.29, 1.82) is 0 Å². The summed E-state index contributed by atoms with van der Waals surface area (Å²) in [5.74, 6) is -0.263. The summed E-state index contributed by atoms with van der Waals surface area (Å²) >= 11 is 0. The van der Waals surface area contributed by atoms with Gasteiger partial charge in [0, 0.05) is 17.8 Å². The third kappa shape index (κ3) is 8.05. The standard InChI is InChI=1S/C16H33N3O2/c1-6-14(16(18)21)10-13(11-19(4,5)7-2)9-8-12(3)15(17)20/h12-14H,6-11H2,1-5H3,(H3-,17,18,20,21)/p+1. The predicted octanol–water partition coefficient (Wildman–Crippen LogP) is 1.50. The lowest BCUT2D eigenvalue weighted by atomic mass is 9.86. The first-order valence-corrected chi connectivity index (χ1v) is 8.03. The minimum absolute atomic E-state index is 0.0734. The lowest BCUT2D eigenvalue weighted by molar-refractivity contribution is -0.892. The van der Waals surface area contributed by atoms with Crippen LogP contribution in [0.5, 0.6) is 0 Å². The molecular weight excluding hydrogens is 266 g/mol. The van der Waals surface area contributed by atoms with Gasteiger partial charge in [0.1, 0.15) is 0 Å². The molecule has 21 heavy (non-hydrogen) atoms. The van der Waals surface area contributed by atoms with Gasteiger partial charge in [-0.3, -0.25) is 9.59 Å². The molecule has 0 bridgehead atoms. The van der Waals surface area contributed by atoms with Crippen LogP contribution in [0.15, 0.2) is 0 Å². The van der Waals surface area contributed by atoms with E-state index in [9.17, 15) is 9.59 Å². The smallest absolute Gasteiger partial charge is 0.220 e. The zero-order valence-corrected chi connectivity index (χ0v) is 14.4. The second kappa shape index (κ2) is 9.03. The Morgan fingerprint density at radius 1 is 1.05 bits per heavy atom. The van der Waals surface area contributed by atoms with E-state index >= 15 is 0 Å². The van der Waals surface area contributed by atoms with E-state index in [4.69, 9.17) is 11.5 Å². The molecule has 124 valence electrons. The van der Waals surface area contributed by atoms with Gasteiger partial charge in [-0.05, 0) is 32.6 Å². The Balaban J connectivity index is 4.75. The molecule has 0 aromatic carbocycles. The van der Waals surface area contributed by atoms with E-state index in [1.165, 1.54) is 0 Å². The van der Waals surface area contributed by atoms with Crippen LogP contribution in [0.4, 0.5) is 0 Å². The molecule has 0 aromatic heterocycles. The van der Waals surface area contributed by atoms with Crippen LogP contribution in [0.25, 0.3) is 0 Å². The number of carbonyl (C=O) groups excluding carboxylic acids is 2. The second-order valence-electron chi connectivity index (χ2n) is 6.92. The normalized spacial score (nSPS) is 16.2. The van der Waals surface area contributed by atoms with Gasteiger partial charge in [-0.15, -0.1) is 0 Å². The number of rotatable bonds is 11. The fourth-order valence-corrected chi connectivity index (χ4v) is 2.63. The number of quaternary nitrogens is 1. The summed E-state index contributed by atoms with van der Waals surface area (Å²) in [6, 6.07) is 0. The first kappa shape index (κ1) is 19.9. The highest BCUT2D eigenvalue weighted by Gasteiger charge is 2.26. The summed E-state index contributed by atoms with van der Waals surface area (Å²) in [7, 11) is 4.38. The molecule has 0 aliphatic rings. The fourth-order valence-electron chi connectivity index (χ4n) is 2.63. The molecule has 0 heterocycles. The van der Waals surface area contributed by atoms with Crippen molar-refractivity contribution in [2.24, 2.45) is 29.2 Å². The molecule has 0 aliphatic heterocycles. The van der Waals surface area contributed by atoms with Crippen molar-refractivity contribution in [3.8, 4) is 0 Å². The number of carbonyl (C=O) groups is 2. The number of hydrogen-bond donors (Lipinski definition) is 2. The minimum Gasteiger partial charge on any atom is -0.369 e. The van der Waals surface area contributed by atoms with Crippen LogP contribution in [0.3, 0.4) is 0 Å². The van der Waals surface area contributed by atoms with Crippen LogP contribution in [-0.4, -0.2) is 43.5 Å². The van der Waals surface area contributed by atoms with Crippen LogP contribution < -0.4 is 11.5 Å². The summed E-state index contributed by atoms with van der Waals surface area (Å²) < 4.78 is 0.908. The van der Waals surface area contributed by atoms with Gasteiger partial charge in [-0.1, -0.05) is 13.8 Å². The average Bonchev–Trinajstić information content (AvgIpc) is 2.40. The van der Waals surface area contributed by atoms with Gasteiger partial charge in [0.2, 0.25) is 11.8 Å². The quantitative estimate of drug-likeness (QED) is 0.567. The first-order chi connectivity index (χ1) is 9.62. The Kier molecular flexibility index (Phi) is 8.55. The van der Waals surface area contributed by atoms with Crippen LogP contribution >= 0.6 is 0 Å². The van der Waals surface area contributed by atoms with Crippen molar-refractivity contribution >= 4 is 11.8 Å². The summed E-state index contributed by atoms with van der Waals surface area (Å²) in [5, 5.41) is 0. The van der Waals surface area contributed by atoms with Crippen LogP contribution in [0, 0.1) is 17.8 Å². The van der Waals surface area contributed by atoms with E-state index in [1.807, 2.05) is 13.8 Å². The Bertz CT molecular complexity index is 342. The third-order valence-electron chi connectivity index (χ3n) is 4.62. The Morgan fingerprint density at radius 3 is 2.00 bits per heavy atom. The molecular formula is C16H34N3O2+. The van der Waals surface area contributed by atoms with E-state index < -0.39 is 0 Å². The topological polar surface area (TPSA) is 86.2 Å². The van der Waals surface area contributed by atoms with Crippen molar-refractivity contribution in [2.75, 3.05) is 27.2 Å². The molecule has 0 radical (unpaired) electrons. The fraction of sp³-hybridized carbons (Fsp3) is 0.875. The Hall–Kier alpha value is -1.10. The molecule has 0 rings (SSSR count). The third-order valence-corrected chi connectivity index (χ3v) is 4.62. The molecule has 3 atom stereocenters. The molecule has 0 saturated carbocycles. The van der Waals surface area contributed by atoms with Gasteiger partial charge >= 0.3 is 0 Å². The summed E-state index contributed by atoms with van der Waals surface area (Å²) in [6.45, 7) is 8.05. The van der Waals surface area contributed by atoms with Gasteiger partial charge in [0.05, 0.1) is 27.2 Å². The zero-order valence-electron chi connectivity index (χ0n) is 14.4. The molecule has 0 aromatic rings. The maximum atomic E-state index is 11.5. The second-order valence-corrected chi connectivity index (χ2v) is 6.92. The molecule has 5 nitrogen and oxygen atoms in total. The van der Waals surface area contributed by atoms with Crippen LogP contribution in [0.2, 0.25) is 0 Å². The number of nitrogens with two attached hydrogens (primary N) is 2. The Labute approximate surface area is 129 Å². The summed E-state index contributed by atoms with van der Waals surface area (Å²) in [5.41, 5.74) is 10.8. The summed E-state index contributed by atoms with van der Waals surface area (Å²) in [4.78, 5) is 22.7. The Morgan fingerprint density at radius 2 is 1.62 bits per heavy atom. The van der Waals surface area contributed by atoms with E-state index in [-0.39, 0.29) is 23.7 Å². The zero-order chi connectivity index (χ0) is 16.6. The van der Waals surface area contributed by atoms with E-state index in [0.29, 0.717) is 5.92 Å². The highest BCUT2D eigenvalue weighted by Crippen LogP contribution is 2.24. The number of hydrogen-bond acceptors (Lipinski definition) is 2. The molecule has 5 heteroatoms. The van der Waals surface area contributed by atoms with E-state index in [2.05, 4.69) is 21.0 Å². The van der Waals surface area contributed by atoms with Crippen LogP contribution in [0.1, 0.15) is 46.5 Å². The van der Waals surface area contributed by atoms with Crippen molar-refractivity contribution in [3.05, 3.63) is 0 Å². The first-order valence-electron chi connectivity index (χ1n) is 8.03. The van der Waals surface area contributed by atoms with Gasteiger partial charge in [-0.2, -0.15) is 0 Å².